The van der Waals surface area contributed by atoms with E-state index in [1.54, 1.807) is 0 Å². The van der Waals surface area contributed by atoms with E-state index in [9.17, 15) is 5.11 Å². The lowest BCUT2D eigenvalue weighted by molar-refractivity contribution is -0.0387. The molecule has 0 aromatic heterocycles. The van der Waals surface area contributed by atoms with Crippen LogP contribution in [-0.4, -0.2) is 10.7 Å². The molecule has 0 aromatic rings. The molecule has 90 valence electrons. The fourth-order valence-electron chi connectivity index (χ4n) is 2.25. The maximum atomic E-state index is 10.5. The first-order valence-electron chi connectivity index (χ1n) is 6.34. The van der Waals surface area contributed by atoms with Gasteiger partial charge in [-0.15, -0.1) is 0 Å². The molecule has 0 saturated heterocycles. The Balaban J connectivity index is 2.42. The van der Waals surface area contributed by atoms with Crippen LogP contribution in [-0.2, 0) is 0 Å². The summed E-state index contributed by atoms with van der Waals surface area (Å²) in [6.45, 7) is 11.4. The van der Waals surface area contributed by atoms with Crippen LogP contribution >= 0.6 is 0 Å². The van der Waals surface area contributed by atoms with Gasteiger partial charge in [-0.25, -0.2) is 0 Å². The Morgan fingerprint density at radius 2 is 1.47 bits per heavy atom. The third-order valence-corrected chi connectivity index (χ3v) is 3.87. The number of hydrogen-bond donors (Lipinski definition) is 1. The minimum Gasteiger partial charge on any atom is -0.390 e. The van der Waals surface area contributed by atoms with Crippen molar-refractivity contribution in [3.8, 4) is 0 Å². The van der Waals surface area contributed by atoms with Gasteiger partial charge in [0, 0.05) is 0 Å². The van der Waals surface area contributed by atoms with Gasteiger partial charge < -0.3 is 5.11 Å². The number of aliphatic hydroxyl groups is 1. The molecule has 1 nitrogen and oxygen atoms in total. The van der Waals surface area contributed by atoms with Crippen molar-refractivity contribution in [2.24, 2.45) is 10.8 Å². The Kier molecular flexibility index (Phi) is 3.55. The van der Waals surface area contributed by atoms with Crippen LogP contribution in [0.5, 0.6) is 0 Å². The molecule has 0 heterocycles. The largest absolute Gasteiger partial charge is 0.390 e. The van der Waals surface area contributed by atoms with Gasteiger partial charge in [0.15, 0.2) is 0 Å². The van der Waals surface area contributed by atoms with Crippen LogP contribution in [0.3, 0.4) is 0 Å². The van der Waals surface area contributed by atoms with Gasteiger partial charge in [-0.1, -0.05) is 34.6 Å². The fourth-order valence-corrected chi connectivity index (χ4v) is 2.25. The molecule has 1 saturated carbocycles. The molecular weight excluding hydrogens is 184 g/mol. The molecule has 0 aromatic carbocycles. The summed E-state index contributed by atoms with van der Waals surface area (Å²) >= 11 is 0. The summed E-state index contributed by atoms with van der Waals surface area (Å²) in [5.41, 5.74) is 0.444. The first-order valence-corrected chi connectivity index (χ1v) is 6.34. The van der Waals surface area contributed by atoms with Gasteiger partial charge in [-0.3, -0.25) is 0 Å². The molecule has 1 rings (SSSR count). The second kappa shape index (κ2) is 4.08. The van der Waals surface area contributed by atoms with Crippen molar-refractivity contribution in [3.63, 3.8) is 0 Å². The Bertz CT molecular complexity index is 200. The van der Waals surface area contributed by atoms with Crippen LogP contribution in [0.15, 0.2) is 0 Å². The normalized spacial score (nSPS) is 25.2. The lowest BCUT2D eigenvalue weighted by Gasteiger charge is -2.41. The van der Waals surface area contributed by atoms with Gasteiger partial charge in [0.1, 0.15) is 0 Å². The average molecular weight is 212 g/mol. The highest BCUT2D eigenvalue weighted by atomic mass is 16.3. The molecule has 0 atom stereocenters. The van der Waals surface area contributed by atoms with Gasteiger partial charge in [0.25, 0.3) is 0 Å². The van der Waals surface area contributed by atoms with E-state index in [2.05, 4.69) is 34.6 Å². The maximum absolute atomic E-state index is 10.5. The number of hydrogen-bond acceptors (Lipinski definition) is 1. The molecule has 0 bridgehead atoms. The quantitative estimate of drug-likeness (QED) is 0.729. The topological polar surface area (TPSA) is 20.2 Å². The molecule has 15 heavy (non-hydrogen) atoms. The van der Waals surface area contributed by atoms with Crippen molar-refractivity contribution in [2.75, 3.05) is 0 Å². The van der Waals surface area contributed by atoms with Crippen molar-refractivity contribution in [1.82, 2.24) is 0 Å². The predicted molar refractivity (Wildman–Crippen MR) is 65.9 cm³/mol. The van der Waals surface area contributed by atoms with Gasteiger partial charge in [0.2, 0.25) is 0 Å². The second-order valence-electron chi connectivity index (χ2n) is 7.45. The van der Waals surface area contributed by atoms with E-state index in [-0.39, 0.29) is 5.60 Å². The SMILES string of the molecule is CC(C)(C)CCC1(O)CCC(C)(C)CC1. The first-order chi connectivity index (χ1) is 6.62. The smallest absolute Gasteiger partial charge is 0.0648 e. The van der Waals surface area contributed by atoms with Crippen LogP contribution in [0.1, 0.15) is 73.1 Å². The van der Waals surface area contributed by atoms with Crippen LogP contribution in [0.4, 0.5) is 0 Å². The van der Waals surface area contributed by atoms with Gasteiger partial charge >= 0.3 is 0 Å². The molecule has 0 radical (unpaired) electrons. The summed E-state index contributed by atoms with van der Waals surface area (Å²) in [7, 11) is 0. The van der Waals surface area contributed by atoms with Crippen molar-refractivity contribution >= 4 is 0 Å². The van der Waals surface area contributed by atoms with Gasteiger partial charge in [-0.05, 0) is 49.4 Å². The fraction of sp³-hybridized carbons (Fsp3) is 1.00. The summed E-state index contributed by atoms with van der Waals surface area (Å²) < 4.78 is 0. The van der Waals surface area contributed by atoms with E-state index in [4.69, 9.17) is 0 Å². The van der Waals surface area contributed by atoms with Crippen LogP contribution in [0.2, 0.25) is 0 Å². The summed E-state index contributed by atoms with van der Waals surface area (Å²) in [5.74, 6) is 0. The molecule has 1 heteroatoms. The molecule has 1 aliphatic carbocycles. The zero-order valence-corrected chi connectivity index (χ0v) is 11.2. The summed E-state index contributed by atoms with van der Waals surface area (Å²) in [6.07, 6.45) is 6.45. The summed E-state index contributed by atoms with van der Waals surface area (Å²) in [4.78, 5) is 0. The van der Waals surface area contributed by atoms with E-state index in [0.717, 1.165) is 25.7 Å². The third-order valence-electron chi connectivity index (χ3n) is 3.87. The summed E-state index contributed by atoms with van der Waals surface area (Å²) in [5, 5.41) is 10.5. The van der Waals surface area contributed by atoms with Crippen molar-refractivity contribution < 1.29 is 5.11 Å². The molecule has 1 N–H and O–H groups in total. The van der Waals surface area contributed by atoms with E-state index in [0.29, 0.717) is 10.8 Å². The predicted octanol–water partition coefficient (Wildman–Crippen LogP) is 4.14. The monoisotopic (exact) mass is 212 g/mol. The lowest BCUT2D eigenvalue weighted by Crippen LogP contribution is -2.37. The van der Waals surface area contributed by atoms with Crippen molar-refractivity contribution in [2.45, 2.75) is 78.7 Å². The third kappa shape index (κ3) is 4.55. The Morgan fingerprint density at radius 3 is 1.87 bits per heavy atom. The van der Waals surface area contributed by atoms with Crippen molar-refractivity contribution in [3.05, 3.63) is 0 Å². The Morgan fingerprint density at radius 1 is 1.00 bits per heavy atom. The average Bonchev–Trinajstić information content (AvgIpc) is 2.07. The van der Waals surface area contributed by atoms with E-state index in [1.807, 2.05) is 0 Å². The molecular formula is C14H28O. The molecule has 0 aliphatic heterocycles. The molecule has 0 unspecified atom stereocenters. The zero-order chi connectivity index (χ0) is 11.7. The van der Waals surface area contributed by atoms with Crippen LogP contribution in [0, 0.1) is 10.8 Å². The second-order valence-corrected chi connectivity index (χ2v) is 7.45. The first kappa shape index (κ1) is 13.0. The van der Waals surface area contributed by atoms with Crippen LogP contribution in [0.25, 0.3) is 0 Å². The molecule has 0 amide bonds. The minimum atomic E-state index is -0.358. The highest BCUT2D eigenvalue weighted by Gasteiger charge is 2.36. The van der Waals surface area contributed by atoms with Gasteiger partial charge in [0.05, 0.1) is 5.60 Å². The highest BCUT2D eigenvalue weighted by molar-refractivity contribution is 4.89. The highest BCUT2D eigenvalue weighted by Crippen LogP contribution is 2.43. The number of rotatable bonds is 2. The van der Waals surface area contributed by atoms with Crippen molar-refractivity contribution in [1.29, 1.82) is 0 Å². The van der Waals surface area contributed by atoms with E-state index >= 15 is 0 Å². The molecule has 1 aliphatic rings. The zero-order valence-electron chi connectivity index (χ0n) is 11.2. The van der Waals surface area contributed by atoms with E-state index < -0.39 is 0 Å². The Hall–Kier alpha value is -0.0400. The maximum Gasteiger partial charge on any atom is 0.0648 e. The summed E-state index contributed by atoms with van der Waals surface area (Å²) in [6, 6.07) is 0. The minimum absolute atomic E-state index is 0.350. The molecule has 0 spiro atoms. The van der Waals surface area contributed by atoms with Crippen LogP contribution < -0.4 is 0 Å². The van der Waals surface area contributed by atoms with Gasteiger partial charge in [-0.2, -0.15) is 0 Å². The molecule has 1 fully saturated rings. The standard InChI is InChI=1S/C14H28O/c1-12(2,3)6-9-14(15)10-7-13(4,5)8-11-14/h15H,6-11H2,1-5H3. The van der Waals surface area contributed by atoms with E-state index in [1.165, 1.54) is 12.8 Å². The Labute approximate surface area is 95.3 Å². The lowest BCUT2D eigenvalue weighted by atomic mass is 9.68.